The molecule has 1 aromatic carbocycles. The van der Waals surface area contributed by atoms with Crippen LogP contribution in [-0.4, -0.2) is 27.6 Å². The molecule has 1 aliphatic carbocycles. The normalized spacial score (nSPS) is 15.4. The van der Waals surface area contributed by atoms with E-state index in [0.29, 0.717) is 4.68 Å². The standard InChI is InChI=1S/C19H20F3N3O2/c1-12(13-6-4-3-5-7-13)24(2)17(26)11-25-18(27)15(19(20,21)22)10-16(23-25)14-8-9-14/h3-7,10,12,14H,8-9,11H2,1-2H3. The summed E-state index contributed by atoms with van der Waals surface area (Å²) in [6.07, 6.45) is -3.31. The largest absolute Gasteiger partial charge is 0.421 e. The van der Waals surface area contributed by atoms with Crippen molar-refractivity contribution in [3.05, 3.63) is 63.6 Å². The summed E-state index contributed by atoms with van der Waals surface area (Å²) < 4.78 is 40.3. The molecule has 1 amide bonds. The molecule has 0 bridgehead atoms. The summed E-state index contributed by atoms with van der Waals surface area (Å²) in [6.45, 7) is 1.28. The Hall–Kier alpha value is -2.64. The van der Waals surface area contributed by atoms with E-state index in [2.05, 4.69) is 5.10 Å². The van der Waals surface area contributed by atoms with Gasteiger partial charge in [-0.1, -0.05) is 30.3 Å². The summed E-state index contributed by atoms with van der Waals surface area (Å²) in [7, 11) is 1.56. The fraction of sp³-hybridized carbons (Fsp3) is 0.421. The number of carbonyl (C=O) groups is 1. The number of halogens is 3. The molecule has 27 heavy (non-hydrogen) atoms. The van der Waals surface area contributed by atoms with Crippen LogP contribution >= 0.6 is 0 Å². The molecule has 0 N–H and O–H groups in total. The zero-order valence-corrected chi connectivity index (χ0v) is 15.0. The van der Waals surface area contributed by atoms with Gasteiger partial charge < -0.3 is 4.90 Å². The molecule has 1 saturated carbocycles. The Labute approximate surface area is 154 Å². The van der Waals surface area contributed by atoms with Crippen LogP contribution in [0.5, 0.6) is 0 Å². The molecule has 8 heteroatoms. The van der Waals surface area contributed by atoms with E-state index in [4.69, 9.17) is 0 Å². The number of hydrogen-bond acceptors (Lipinski definition) is 3. The summed E-state index contributed by atoms with van der Waals surface area (Å²) in [6, 6.07) is 9.77. The van der Waals surface area contributed by atoms with Crippen molar-refractivity contribution < 1.29 is 18.0 Å². The van der Waals surface area contributed by atoms with Gasteiger partial charge in [0.1, 0.15) is 12.1 Å². The fourth-order valence-electron chi connectivity index (χ4n) is 2.86. The van der Waals surface area contributed by atoms with Gasteiger partial charge in [0.15, 0.2) is 0 Å². The van der Waals surface area contributed by atoms with E-state index in [1.165, 1.54) is 4.90 Å². The maximum absolute atomic E-state index is 13.2. The average Bonchev–Trinajstić information content (AvgIpc) is 3.47. The van der Waals surface area contributed by atoms with E-state index in [-0.39, 0.29) is 17.7 Å². The topological polar surface area (TPSA) is 55.2 Å². The van der Waals surface area contributed by atoms with E-state index in [1.54, 1.807) is 7.05 Å². The highest BCUT2D eigenvalue weighted by Crippen LogP contribution is 2.40. The highest BCUT2D eigenvalue weighted by atomic mass is 19.4. The van der Waals surface area contributed by atoms with Crippen molar-refractivity contribution in [2.75, 3.05) is 7.05 Å². The Bertz CT molecular complexity index is 889. The third-order valence-electron chi connectivity index (χ3n) is 4.84. The Balaban J connectivity index is 1.87. The molecule has 1 unspecified atom stereocenters. The Morgan fingerprint density at radius 2 is 1.93 bits per heavy atom. The van der Waals surface area contributed by atoms with Crippen LogP contribution < -0.4 is 5.56 Å². The van der Waals surface area contributed by atoms with E-state index in [9.17, 15) is 22.8 Å². The van der Waals surface area contributed by atoms with E-state index in [1.807, 2.05) is 37.3 Å². The van der Waals surface area contributed by atoms with Crippen LogP contribution in [0.3, 0.4) is 0 Å². The molecule has 0 spiro atoms. The summed E-state index contributed by atoms with van der Waals surface area (Å²) in [5, 5.41) is 4.02. The lowest BCUT2D eigenvalue weighted by Gasteiger charge is -2.25. The van der Waals surface area contributed by atoms with Crippen LogP contribution in [0.4, 0.5) is 13.2 Å². The molecule has 0 aliphatic heterocycles. The summed E-state index contributed by atoms with van der Waals surface area (Å²) >= 11 is 0. The second-order valence-electron chi connectivity index (χ2n) is 6.81. The monoisotopic (exact) mass is 379 g/mol. The maximum Gasteiger partial charge on any atom is 0.421 e. The molecule has 1 fully saturated rings. The zero-order chi connectivity index (χ0) is 19.8. The van der Waals surface area contributed by atoms with Crippen molar-refractivity contribution in [1.29, 1.82) is 0 Å². The predicted molar refractivity (Wildman–Crippen MR) is 93.1 cm³/mol. The van der Waals surface area contributed by atoms with Crippen LogP contribution in [0.1, 0.15) is 48.5 Å². The van der Waals surface area contributed by atoms with E-state index in [0.717, 1.165) is 24.5 Å². The van der Waals surface area contributed by atoms with Crippen LogP contribution in [0.25, 0.3) is 0 Å². The molecule has 2 aromatic rings. The highest BCUT2D eigenvalue weighted by molar-refractivity contribution is 5.76. The molecule has 3 rings (SSSR count). The molecular formula is C19H20F3N3O2. The van der Waals surface area contributed by atoms with Crippen molar-refractivity contribution in [3.63, 3.8) is 0 Å². The molecule has 1 aromatic heterocycles. The van der Waals surface area contributed by atoms with Crippen molar-refractivity contribution >= 4 is 5.91 Å². The Kier molecular flexibility index (Phi) is 5.08. The van der Waals surface area contributed by atoms with Crippen LogP contribution in [0.2, 0.25) is 0 Å². The molecular weight excluding hydrogens is 359 g/mol. The van der Waals surface area contributed by atoms with Crippen molar-refractivity contribution in [3.8, 4) is 0 Å². The first kappa shape index (κ1) is 19.1. The summed E-state index contributed by atoms with van der Waals surface area (Å²) in [5.74, 6) is -0.559. The van der Waals surface area contributed by atoms with Gasteiger partial charge in [-0.05, 0) is 31.4 Å². The number of nitrogens with zero attached hydrogens (tertiary/aromatic N) is 3. The van der Waals surface area contributed by atoms with Crippen molar-refractivity contribution in [1.82, 2.24) is 14.7 Å². The lowest BCUT2D eigenvalue weighted by molar-refractivity contribution is -0.140. The maximum atomic E-state index is 13.2. The van der Waals surface area contributed by atoms with Gasteiger partial charge in [0.25, 0.3) is 5.56 Å². The summed E-state index contributed by atoms with van der Waals surface area (Å²) in [4.78, 5) is 26.2. The Morgan fingerprint density at radius 3 is 2.48 bits per heavy atom. The molecule has 5 nitrogen and oxygen atoms in total. The van der Waals surface area contributed by atoms with Crippen molar-refractivity contribution in [2.45, 2.75) is 44.4 Å². The minimum Gasteiger partial charge on any atom is -0.337 e. The second-order valence-corrected chi connectivity index (χ2v) is 6.81. The van der Waals surface area contributed by atoms with Crippen LogP contribution in [-0.2, 0) is 17.5 Å². The average molecular weight is 379 g/mol. The number of likely N-dealkylation sites (N-methyl/N-ethyl adjacent to an activating group) is 1. The lowest BCUT2D eigenvalue weighted by atomic mass is 10.1. The minimum atomic E-state index is -4.78. The molecule has 0 saturated heterocycles. The van der Waals surface area contributed by atoms with Gasteiger partial charge in [-0.25, -0.2) is 4.68 Å². The number of amides is 1. The quantitative estimate of drug-likeness (QED) is 0.801. The fourth-order valence-corrected chi connectivity index (χ4v) is 2.86. The molecule has 1 aliphatic rings. The third-order valence-corrected chi connectivity index (χ3v) is 4.84. The molecule has 1 atom stereocenters. The SMILES string of the molecule is CC(c1ccccc1)N(C)C(=O)Cn1nc(C2CC2)cc(C(F)(F)F)c1=O. The van der Waals surface area contributed by atoms with Crippen LogP contribution in [0, 0.1) is 0 Å². The first-order valence-corrected chi connectivity index (χ1v) is 8.68. The summed E-state index contributed by atoms with van der Waals surface area (Å²) in [5.41, 5.74) is -1.46. The number of rotatable bonds is 5. The third kappa shape index (κ3) is 4.20. The van der Waals surface area contributed by atoms with Gasteiger partial charge in [-0.2, -0.15) is 18.3 Å². The molecule has 0 radical (unpaired) electrons. The van der Waals surface area contributed by atoms with Gasteiger partial charge >= 0.3 is 6.18 Å². The lowest BCUT2D eigenvalue weighted by Crippen LogP contribution is -2.38. The zero-order valence-electron chi connectivity index (χ0n) is 15.0. The molecule has 144 valence electrons. The van der Waals surface area contributed by atoms with Crippen molar-refractivity contribution in [2.24, 2.45) is 0 Å². The van der Waals surface area contributed by atoms with Crippen LogP contribution in [0.15, 0.2) is 41.2 Å². The van der Waals surface area contributed by atoms with E-state index < -0.39 is 29.8 Å². The van der Waals surface area contributed by atoms with Gasteiger partial charge in [0.2, 0.25) is 5.91 Å². The predicted octanol–water partition coefficient (Wildman–Crippen LogP) is 3.36. The first-order chi connectivity index (χ1) is 12.7. The first-order valence-electron chi connectivity index (χ1n) is 8.68. The number of benzene rings is 1. The minimum absolute atomic E-state index is 0.0750. The number of hydrogen-bond donors (Lipinski definition) is 0. The second kappa shape index (κ2) is 7.17. The highest BCUT2D eigenvalue weighted by Gasteiger charge is 2.38. The van der Waals surface area contributed by atoms with Gasteiger partial charge in [-0.15, -0.1) is 0 Å². The molecule has 1 heterocycles. The number of carbonyl (C=O) groups excluding carboxylic acids is 1. The smallest absolute Gasteiger partial charge is 0.337 e. The number of alkyl halides is 3. The van der Waals surface area contributed by atoms with E-state index >= 15 is 0 Å². The van der Waals surface area contributed by atoms with Gasteiger partial charge in [0, 0.05) is 13.0 Å². The van der Waals surface area contributed by atoms with Gasteiger partial charge in [0.05, 0.1) is 11.7 Å². The van der Waals surface area contributed by atoms with Gasteiger partial charge in [-0.3, -0.25) is 9.59 Å². The number of aromatic nitrogens is 2. The Morgan fingerprint density at radius 1 is 1.30 bits per heavy atom.